The summed E-state index contributed by atoms with van der Waals surface area (Å²) in [5.74, 6) is 0. The van der Waals surface area contributed by atoms with Crippen molar-refractivity contribution in [2.75, 3.05) is 18.5 Å². The minimum atomic E-state index is 0.633. The number of nitrogens with zero attached hydrogens (tertiary/aromatic N) is 2. The van der Waals surface area contributed by atoms with Crippen molar-refractivity contribution in [3.8, 4) is 0 Å². The molecule has 1 saturated heterocycles. The zero-order valence-electron chi connectivity index (χ0n) is 11.7. The molecule has 3 nitrogen and oxygen atoms in total. The number of hydrogen-bond acceptors (Lipinski definition) is 3. The molecule has 1 N–H and O–H groups in total. The molecule has 1 aliphatic rings. The van der Waals surface area contributed by atoms with Crippen molar-refractivity contribution in [1.29, 1.82) is 0 Å². The summed E-state index contributed by atoms with van der Waals surface area (Å²) in [5, 5.41) is 4.47. The molecule has 0 spiro atoms. The molecule has 19 heavy (non-hydrogen) atoms. The van der Waals surface area contributed by atoms with Crippen LogP contribution in [0, 0.1) is 0 Å². The lowest BCUT2D eigenvalue weighted by molar-refractivity contribution is 0.734. The lowest BCUT2D eigenvalue weighted by Crippen LogP contribution is -2.26. The van der Waals surface area contributed by atoms with Gasteiger partial charge in [0.25, 0.3) is 0 Å². The Balaban J connectivity index is 2.14. The van der Waals surface area contributed by atoms with Crippen molar-refractivity contribution in [2.24, 2.45) is 0 Å². The smallest absolute Gasteiger partial charge is 0.0726 e. The van der Waals surface area contributed by atoms with Gasteiger partial charge in [-0.3, -0.25) is 4.98 Å². The number of nitrogens with one attached hydrogen (secondary N) is 1. The molecule has 0 amide bonds. The van der Waals surface area contributed by atoms with Crippen molar-refractivity contribution in [3.05, 3.63) is 36.0 Å². The van der Waals surface area contributed by atoms with E-state index in [1.54, 1.807) is 0 Å². The van der Waals surface area contributed by atoms with Gasteiger partial charge in [0, 0.05) is 30.2 Å². The average molecular weight is 255 g/mol. The fraction of sp³-hybridized carbons (Fsp3) is 0.438. The van der Waals surface area contributed by atoms with Gasteiger partial charge in [-0.15, -0.1) is 0 Å². The van der Waals surface area contributed by atoms with Crippen molar-refractivity contribution in [1.82, 2.24) is 10.3 Å². The fourth-order valence-corrected chi connectivity index (χ4v) is 3.01. The molecule has 1 aliphatic heterocycles. The van der Waals surface area contributed by atoms with Gasteiger partial charge in [0.15, 0.2) is 0 Å². The van der Waals surface area contributed by atoms with Crippen LogP contribution in [0.5, 0.6) is 0 Å². The predicted octanol–water partition coefficient (Wildman–Crippen LogP) is 2.94. The van der Waals surface area contributed by atoms with E-state index in [4.69, 9.17) is 4.98 Å². The number of hydrogen-bond donors (Lipinski definition) is 1. The van der Waals surface area contributed by atoms with E-state index in [0.29, 0.717) is 6.04 Å². The molecule has 1 atom stereocenters. The van der Waals surface area contributed by atoms with Gasteiger partial charge in [-0.05, 0) is 38.9 Å². The topological polar surface area (TPSA) is 28.2 Å². The lowest BCUT2D eigenvalue weighted by Gasteiger charge is -2.25. The number of para-hydroxylation sites is 1. The lowest BCUT2D eigenvalue weighted by atomic mass is 10.1. The molecule has 1 unspecified atom stereocenters. The van der Waals surface area contributed by atoms with Crippen LogP contribution in [0.3, 0.4) is 0 Å². The number of anilines is 1. The highest BCUT2D eigenvalue weighted by atomic mass is 15.2. The first-order valence-corrected chi connectivity index (χ1v) is 7.09. The molecule has 3 rings (SSSR count). The number of benzene rings is 1. The van der Waals surface area contributed by atoms with Gasteiger partial charge in [0.05, 0.1) is 11.2 Å². The van der Waals surface area contributed by atoms with Crippen molar-refractivity contribution in [2.45, 2.75) is 32.4 Å². The second-order valence-corrected chi connectivity index (χ2v) is 5.36. The summed E-state index contributed by atoms with van der Waals surface area (Å²) in [7, 11) is 1.97. The molecule has 3 heteroatoms. The largest absolute Gasteiger partial charge is 0.368 e. The van der Waals surface area contributed by atoms with Gasteiger partial charge >= 0.3 is 0 Å². The van der Waals surface area contributed by atoms with Crippen molar-refractivity contribution >= 4 is 16.6 Å². The Hall–Kier alpha value is -1.61. The first-order valence-electron chi connectivity index (χ1n) is 7.09. The summed E-state index contributed by atoms with van der Waals surface area (Å²) in [6, 6.07) is 11.3. The molecule has 0 saturated carbocycles. The van der Waals surface area contributed by atoms with E-state index in [-0.39, 0.29) is 0 Å². The minimum Gasteiger partial charge on any atom is -0.368 e. The minimum absolute atomic E-state index is 0.633. The molecule has 0 bridgehead atoms. The van der Waals surface area contributed by atoms with E-state index in [1.807, 2.05) is 7.05 Å². The maximum atomic E-state index is 4.73. The molecule has 1 aromatic heterocycles. The van der Waals surface area contributed by atoms with Gasteiger partial charge in [0.1, 0.15) is 0 Å². The van der Waals surface area contributed by atoms with Crippen LogP contribution in [-0.4, -0.2) is 24.6 Å². The van der Waals surface area contributed by atoms with Crippen LogP contribution >= 0.6 is 0 Å². The first kappa shape index (κ1) is 12.4. The number of rotatable bonds is 3. The molecular weight excluding hydrogens is 234 g/mol. The van der Waals surface area contributed by atoms with Gasteiger partial charge in [-0.1, -0.05) is 18.2 Å². The summed E-state index contributed by atoms with van der Waals surface area (Å²) in [6.07, 6.45) is 2.58. The third-order valence-corrected chi connectivity index (χ3v) is 3.97. The van der Waals surface area contributed by atoms with Gasteiger partial charge < -0.3 is 10.2 Å². The zero-order chi connectivity index (χ0) is 13.2. The van der Waals surface area contributed by atoms with Gasteiger partial charge in [-0.25, -0.2) is 0 Å². The Labute approximate surface area is 114 Å². The number of aromatic nitrogens is 1. The Bertz CT molecular complexity index is 579. The van der Waals surface area contributed by atoms with Crippen LogP contribution < -0.4 is 10.2 Å². The van der Waals surface area contributed by atoms with E-state index < -0.39 is 0 Å². The highest BCUT2D eigenvalue weighted by molar-refractivity contribution is 5.92. The monoisotopic (exact) mass is 255 g/mol. The van der Waals surface area contributed by atoms with Crippen LogP contribution in [-0.2, 0) is 6.54 Å². The van der Waals surface area contributed by atoms with E-state index in [1.165, 1.54) is 23.9 Å². The van der Waals surface area contributed by atoms with E-state index in [9.17, 15) is 0 Å². The van der Waals surface area contributed by atoms with Crippen LogP contribution in [0.25, 0.3) is 10.9 Å². The molecular formula is C16H21N3. The average Bonchev–Trinajstić information content (AvgIpc) is 2.84. The maximum Gasteiger partial charge on any atom is 0.0726 e. The highest BCUT2D eigenvalue weighted by Crippen LogP contribution is 2.32. The summed E-state index contributed by atoms with van der Waals surface area (Å²) >= 11 is 0. The van der Waals surface area contributed by atoms with Crippen LogP contribution in [0.2, 0.25) is 0 Å². The zero-order valence-corrected chi connectivity index (χ0v) is 11.7. The second kappa shape index (κ2) is 5.17. The second-order valence-electron chi connectivity index (χ2n) is 5.36. The SMILES string of the molecule is CNCc1cc(N2CCCC2C)c2ccccc2n1. The Morgan fingerprint density at radius 1 is 1.37 bits per heavy atom. The molecule has 1 aromatic carbocycles. The Kier molecular flexibility index (Phi) is 3.38. The summed E-state index contributed by atoms with van der Waals surface area (Å²) in [5.41, 5.74) is 3.57. The quantitative estimate of drug-likeness (QED) is 0.914. The number of fused-ring (bicyclic) bond motifs is 1. The van der Waals surface area contributed by atoms with Crippen molar-refractivity contribution in [3.63, 3.8) is 0 Å². The maximum absolute atomic E-state index is 4.73. The van der Waals surface area contributed by atoms with E-state index in [0.717, 1.165) is 24.3 Å². The Morgan fingerprint density at radius 2 is 2.21 bits per heavy atom. The molecule has 2 aromatic rings. The van der Waals surface area contributed by atoms with Crippen LogP contribution in [0.15, 0.2) is 30.3 Å². The van der Waals surface area contributed by atoms with E-state index in [2.05, 4.69) is 47.5 Å². The summed E-state index contributed by atoms with van der Waals surface area (Å²) in [6.45, 7) is 4.30. The van der Waals surface area contributed by atoms with Crippen LogP contribution in [0.4, 0.5) is 5.69 Å². The van der Waals surface area contributed by atoms with E-state index >= 15 is 0 Å². The normalized spacial score (nSPS) is 19.3. The molecule has 2 heterocycles. The summed E-state index contributed by atoms with van der Waals surface area (Å²) < 4.78 is 0. The third-order valence-electron chi connectivity index (χ3n) is 3.97. The third kappa shape index (κ3) is 2.30. The standard InChI is InChI=1S/C16H21N3/c1-12-6-5-9-19(12)16-10-13(11-17-2)18-15-8-4-3-7-14(15)16/h3-4,7-8,10,12,17H,5-6,9,11H2,1-2H3. The van der Waals surface area contributed by atoms with Crippen molar-refractivity contribution < 1.29 is 0 Å². The van der Waals surface area contributed by atoms with Gasteiger partial charge in [0.2, 0.25) is 0 Å². The highest BCUT2D eigenvalue weighted by Gasteiger charge is 2.22. The molecule has 100 valence electrons. The number of pyridine rings is 1. The molecule has 1 fully saturated rings. The molecule has 0 aliphatic carbocycles. The predicted molar refractivity (Wildman–Crippen MR) is 80.5 cm³/mol. The molecule has 0 radical (unpaired) electrons. The summed E-state index contributed by atoms with van der Waals surface area (Å²) in [4.78, 5) is 7.26. The first-order chi connectivity index (χ1) is 9.29. The van der Waals surface area contributed by atoms with Crippen LogP contribution in [0.1, 0.15) is 25.5 Å². The van der Waals surface area contributed by atoms with Gasteiger partial charge in [-0.2, -0.15) is 0 Å². The Morgan fingerprint density at radius 3 is 2.95 bits per heavy atom. The fourth-order valence-electron chi connectivity index (χ4n) is 3.01.